The summed E-state index contributed by atoms with van der Waals surface area (Å²) in [6.07, 6.45) is 1.27. The van der Waals surface area contributed by atoms with Gasteiger partial charge in [-0.3, -0.25) is 14.5 Å². The molecule has 0 aliphatic carbocycles. The number of benzene rings is 1. The lowest BCUT2D eigenvalue weighted by molar-refractivity contribution is -0.152. The summed E-state index contributed by atoms with van der Waals surface area (Å²) in [5.41, 5.74) is 3.20. The SMILES string of the molecule is CCOC(=O)C(F)C(F)CC(=O)N1CCC(n2cc(-c3cnc4ccccc4n3)cn2)CC1. The van der Waals surface area contributed by atoms with Gasteiger partial charge >= 0.3 is 5.97 Å². The standard InChI is InChI=1S/C23H25F2N5O3/c1-2-33-23(32)22(25)17(24)11-21(31)29-9-7-16(8-10-29)30-14-15(12-27-30)20-13-26-18-5-3-4-6-19(18)28-20/h3-6,12-14,16-17,22H,2,7-11H2,1H3. The van der Waals surface area contributed by atoms with E-state index < -0.39 is 30.6 Å². The van der Waals surface area contributed by atoms with E-state index in [1.54, 1.807) is 12.4 Å². The minimum absolute atomic E-state index is 0.0456. The number of carbonyl (C=O) groups is 2. The highest BCUT2D eigenvalue weighted by Crippen LogP contribution is 2.26. The Hall–Kier alpha value is -3.43. The molecule has 1 aliphatic heterocycles. The van der Waals surface area contributed by atoms with Gasteiger partial charge < -0.3 is 9.64 Å². The van der Waals surface area contributed by atoms with Crippen LogP contribution in [0.5, 0.6) is 0 Å². The van der Waals surface area contributed by atoms with Crippen molar-refractivity contribution in [3.05, 3.63) is 42.9 Å². The first-order valence-corrected chi connectivity index (χ1v) is 10.9. The van der Waals surface area contributed by atoms with Gasteiger partial charge in [0.05, 0.1) is 48.2 Å². The zero-order valence-electron chi connectivity index (χ0n) is 18.2. The van der Waals surface area contributed by atoms with Crippen molar-refractivity contribution in [2.45, 2.75) is 44.6 Å². The Morgan fingerprint density at radius 1 is 1.15 bits per heavy atom. The van der Waals surface area contributed by atoms with Crippen molar-refractivity contribution in [1.82, 2.24) is 24.6 Å². The molecule has 2 unspecified atom stereocenters. The van der Waals surface area contributed by atoms with Crippen molar-refractivity contribution in [2.75, 3.05) is 19.7 Å². The number of alkyl halides is 2. The molecule has 0 radical (unpaired) electrons. The minimum atomic E-state index is -2.45. The molecular formula is C23H25F2N5O3. The number of aromatic nitrogens is 4. The van der Waals surface area contributed by atoms with Crippen LogP contribution in [0.2, 0.25) is 0 Å². The second-order valence-corrected chi connectivity index (χ2v) is 7.94. The molecule has 2 atom stereocenters. The number of rotatable bonds is 7. The van der Waals surface area contributed by atoms with Crippen LogP contribution >= 0.6 is 0 Å². The summed E-state index contributed by atoms with van der Waals surface area (Å²) in [4.78, 5) is 34.3. The minimum Gasteiger partial charge on any atom is -0.464 e. The molecule has 1 amide bonds. The molecule has 1 fully saturated rings. The van der Waals surface area contributed by atoms with Gasteiger partial charge in [-0.2, -0.15) is 5.10 Å². The van der Waals surface area contributed by atoms with Crippen LogP contribution in [0.25, 0.3) is 22.3 Å². The summed E-state index contributed by atoms with van der Waals surface area (Å²) in [6, 6.07) is 7.71. The quantitative estimate of drug-likeness (QED) is 0.506. The Kier molecular flexibility index (Phi) is 6.90. The highest BCUT2D eigenvalue weighted by atomic mass is 19.2. The first-order valence-electron chi connectivity index (χ1n) is 10.9. The molecule has 0 saturated carbocycles. The second kappa shape index (κ2) is 10.0. The van der Waals surface area contributed by atoms with E-state index in [0.29, 0.717) is 25.9 Å². The number of esters is 1. The summed E-state index contributed by atoms with van der Waals surface area (Å²) in [5.74, 6) is -1.79. The van der Waals surface area contributed by atoms with Crippen molar-refractivity contribution in [1.29, 1.82) is 0 Å². The predicted molar refractivity (Wildman–Crippen MR) is 117 cm³/mol. The first-order chi connectivity index (χ1) is 16.0. The average Bonchev–Trinajstić information content (AvgIpc) is 3.34. The molecule has 1 aliphatic rings. The van der Waals surface area contributed by atoms with E-state index in [1.807, 2.05) is 35.1 Å². The number of nitrogens with zero attached hydrogens (tertiary/aromatic N) is 5. The van der Waals surface area contributed by atoms with Gasteiger partial charge in [0.1, 0.15) is 0 Å². The predicted octanol–water partition coefficient (Wildman–Crippen LogP) is 3.29. The van der Waals surface area contributed by atoms with Crippen molar-refractivity contribution in [3.63, 3.8) is 0 Å². The van der Waals surface area contributed by atoms with Crippen LogP contribution in [0.4, 0.5) is 8.78 Å². The topological polar surface area (TPSA) is 90.2 Å². The summed E-state index contributed by atoms with van der Waals surface area (Å²) in [6.45, 7) is 2.26. The Labute approximate surface area is 189 Å². The monoisotopic (exact) mass is 457 g/mol. The number of hydrogen-bond donors (Lipinski definition) is 0. The molecule has 2 aromatic heterocycles. The van der Waals surface area contributed by atoms with Crippen LogP contribution in [0.15, 0.2) is 42.9 Å². The van der Waals surface area contributed by atoms with Gasteiger partial charge in [0.25, 0.3) is 0 Å². The number of amides is 1. The smallest absolute Gasteiger partial charge is 0.343 e. The molecular weight excluding hydrogens is 432 g/mol. The molecule has 1 saturated heterocycles. The van der Waals surface area contributed by atoms with Crippen LogP contribution in [-0.2, 0) is 14.3 Å². The number of para-hydroxylation sites is 2. The maximum Gasteiger partial charge on any atom is 0.343 e. The van der Waals surface area contributed by atoms with Crippen LogP contribution < -0.4 is 0 Å². The van der Waals surface area contributed by atoms with Gasteiger partial charge in [-0.05, 0) is 31.9 Å². The van der Waals surface area contributed by atoms with Crippen LogP contribution in [0.3, 0.4) is 0 Å². The normalized spacial score (nSPS) is 16.5. The van der Waals surface area contributed by atoms with E-state index in [-0.39, 0.29) is 12.6 Å². The highest BCUT2D eigenvalue weighted by molar-refractivity contribution is 5.80. The van der Waals surface area contributed by atoms with E-state index in [9.17, 15) is 18.4 Å². The second-order valence-electron chi connectivity index (χ2n) is 7.94. The lowest BCUT2D eigenvalue weighted by Gasteiger charge is -2.32. The molecule has 174 valence electrons. The van der Waals surface area contributed by atoms with Crippen LogP contribution in [-0.4, -0.2) is 68.6 Å². The summed E-state index contributed by atoms with van der Waals surface area (Å²) < 4.78 is 34.1. The maximum atomic E-state index is 14.0. The summed E-state index contributed by atoms with van der Waals surface area (Å²) >= 11 is 0. The highest BCUT2D eigenvalue weighted by Gasteiger charge is 2.33. The third-order valence-corrected chi connectivity index (χ3v) is 5.74. The van der Waals surface area contributed by atoms with E-state index in [1.165, 1.54) is 11.8 Å². The molecule has 10 heteroatoms. The Morgan fingerprint density at radius 2 is 1.88 bits per heavy atom. The van der Waals surface area contributed by atoms with E-state index in [0.717, 1.165) is 22.3 Å². The Morgan fingerprint density at radius 3 is 2.61 bits per heavy atom. The number of fused-ring (bicyclic) bond motifs is 1. The molecule has 0 spiro atoms. The largest absolute Gasteiger partial charge is 0.464 e. The van der Waals surface area contributed by atoms with E-state index >= 15 is 0 Å². The van der Waals surface area contributed by atoms with Gasteiger partial charge in [0, 0.05) is 24.8 Å². The molecule has 0 N–H and O–H groups in total. The maximum absolute atomic E-state index is 14.0. The van der Waals surface area contributed by atoms with Gasteiger partial charge in [-0.1, -0.05) is 12.1 Å². The molecule has 3 aromatic rings. The summed E-state index contributed by atoms with van der Waals surface area (Å²) in [5, 5.41) is 4.46. The number of ether oxygens (including phenoxy) is 1. The number of halogens is 2. The fraction of sp³-hybridized carbons (Fsp3) is 0.435. The molecule has 3 heterocycles. The Balaban J connectivity index is 1.33. The summed E-state index contributed by atoms with van der Waals surface area (Å²) in [7, 11) is 0. The zero-order valence-corrected chi connectivity index (χ0v) is 18.2. The number of likely N-dealkylation sites (tertiary alicyclic amines) is 1. The first kappa shape index (κ1) is 22.8. The lowest BCUT2D eigenvalue weighted by Crippen LogP contribution is -2.41. The molecule has 4 rings (SSSR count). The molecule has 0 bridgehead atoms. The van der Waals surface area contributed by atoms with Crippen molar-refractivity contribution >= 4 is 22.9 Å². The van der Waals surface area contributed by atoms with Crippen molar-refractivity contribution in [3.8, 4) is 11.3 Å². The van der Waals surface area contributed by atoms with Gasteiger partial charge in [0.15, 0.2) is 6.17 Å². The molecule has 33 heavy (non-hydrogen) atoms. The van der Waals surface area contributed by atoms with Gasteiger partial charge in [0.2, 0.25) is 12.1 Å². The number of carbonyl (C=O) groups excluding carboxylic acids is 2. The van der Waals surface area contributed by atoms with Crippen molar-refractivity contribution < 1.29 is 23.1 Å². The van der Waals surface area contributed by atoms with Gasteiger partial charge in [-0.25, -0.2) is 18.6 Å². The fourth-order valence-electron chi connectivity index (χ4n) is 3.91. The van der Waals surface area contributed by atoms with Crippen LogP contribution in [0, 0.1) is 0 Å². The third-order valence-electron chi connectivity index (χ3n) is 5.74. The van der Waals surface area contributed by atoms with E-state index in [2.05, 4.69) is 19.8 Å². The average molecular weight is 457 g/mol. The molecule has 8 nitrogen and oxygen atoms in total. The number of hydrogen-bond acceptors (Lipinski definition) is 6. The molecule has 1 aromatic carbocycles. The van der Waals surface area contributed by atoms with Gasteiger partial charge in [-0.15, -0.1) is 0 Å². The number of piperidine rings is 1. The van der Waals surface area contributed by atoms with Crippen LogP contribution in [0.1, 0.15) is 32.2 Å². The lowest BCUT2D eigenvalue weighted by atomic mass is 10.0. The van der Waals surface area contributed by atoms with E-state index in [4.69, 9.17) is 0 Å². The zero-order chi connectivity index (χ0) is 23.4. The fourth-order valence-corrected chi connectivity index (χ4v) is 3.91. The Bertz CT molecular complexity index is 1130. The van der Waals surface area contributed by atoms with Crippen molar-refractivity contribution in [2.24, 2.45) is 0 Å². The third kappa shape index (κ3) is 5.15.